The zero-order valence-electron chi connectivity index (χ0n) is 11.5. The third-order valence-corrected chi connectivity index (χ3v) is 5.51. The van der Waals surface area contributed by atoms with Crippen LogP contribution >= 0.6 is 0 Å². The largest absolute Gasteiger partial charge is 0.396 e. The topological polar surface area (TPSA) is 40.5 Å². The van der Waals surface area contributed by atoms with E-state index in [1.54, 1.807) is 0 Å². The van der Waals surface area contributed by atoms with E-state index in [1.165, 1.54) is 19.3 Å². The molecule has 0 amide bonds. The molecule has 2 heteroatoms. The van der Waals surface area contributed by atoms with E-state index < -0.39 is 0 Å². The van der Waals surface area contributed by atoms with E-state index in [1.807, 2.05) is 0 Å². The highest BCUT2D eigenvalue weighted by Crippen LogP contribution is 2.50. The van der Waals surface area contributed by atoms with Crippen LogP contribution in [0.1, 0.15) is 46.5 Å². The van der Waals surface area contributed by atoms with Crippen LogP contribution < -0.4 is 0 Å². The number of fused-ring (bicyclic) bond motifs is 1. The number of hydrogen-bond donors (Lipinski definition) is 2. The average molecular weight is 240 g/mol. The Morgan fingerprint density at radius 1 is 1.12 bits per heavy atom. The van der Waals surface area contributed by atoms with Crippen molar-refractivity contribution in [2.24, 2.45) is 35.5 Å². The second-order valence-electron chi connectivity index (χ2n) is 6.71. The van der Waals surface area contributed by atoms with Crippen molar-refractivity contribution in [3.63, 3.8) is 0 Å². The lowest BCUT2D eigenvalue weighted by Gasteiger charge is -2.51. The molecule has 2 aliphatic rings. The molecule has 2 nitrogen and oxygen atoms in total. The summed E-state index contributed by atoms with van der Waals surface area (Å²) in [5.74, 6) is 3.31. The standard InChI is InChI=1S/C15H28O2/c1-9(2)12-6-4-10(3)13-7-5-11(8-16)15(17)14(12)13/h9-17H,4-8H2,1-3H3/t10-,11-,12+,13-,14-,15-/m0/s1. The van der Waals surface area contributed by atoms with Crippen molar-refractivity contribution >= 4 is 0 Å². The van der Waals surface area contributed by atoms with Gasteiger partial charge >= 0.3 is 0 Å². The molecule has 17 heavy (non-hydrogen) atoms. The Labute approximate surface area is 105 Å². The highest BCUT2D eigenvalue weighted by Gasteiger charge is 2.47. The van der Waals surface area contributed by atoms with Gasteiger partial charge in [0, 0.05) is 12.5 Å². The highest BCUT2D eigenvalue weighted by atomic mass is 16.3. The van der Waals surface area contributed by atoms with Crippen molar-refractivity contribution in [2.45, 2.75) is 52.6 Å². The van der Waals surface area contributed by atoms with Crippen molar-refractivity contribution in [1.29, 1.82) is 0 Å². The van der Waals surface area contributed by atoms with Gasteiger partial charge in [0.1, 0.15) is 0 Å². The molecule has 2 fully saturated rings. The Morgan fingerprint density at radius 3 is 2.41 bits per heavy atom. The molecule has 0 bridgehead atoms. The summed E-state index contributed by atoms with van der Waals surface area (Å²) < 4.78 is 0. The van der Waals surface area contributed by atoms with Crippen molar-refractivity contribution in [3.8, 4) is 0 Å². The van der Waals surface area contributed by atoms with Crippen LogP contribution in [0.25, 0.3) is 0 Å². The lowest BCUT2D eigenvalue weighted by Crippen LogP contribution is -2.49. The molecule has 0 saturated heterocycles. The summed E-state index contributed by atoms with van der Waals surface area (Å²) in [6.45, 7) is 7.07. The smallest absolute Gasteiger partial charge is 0.0623 e. The van der Waals surface area contributed by atoms with E-state index in [0.717, 1.165) is 12.3 Å². The lowest BCUT2D eigenvalue weighted by atomic mass is 9.56. The maximum Gasteiger partial charge on any atom is 0.0623 e. The first kappa shape index (κ1) is 13.4. The maximum atomic E-state index is 10.5. The Hall–Kier alpha value is -0.0800. The zero-order valence-corrected chi connectivity index (χ0v) is 11.5. The molecule has 0 radical (unpaired) electrons. The Balaban J connectivity index is 2.19. The molecule has 0 aromatic heterocycles. The summed E-state index contributed by atoms with van der Waals surface area (Å²) in [5.41, 5.74) is 0. The molecular weight excluding hydrogens is 212 g/mol. The van der Waals surface area contributed by atoms with Crippen molar-refractivity contribution in [2.75, 3.05) is 6.61 Å². The van der Waals surface area contributed by atoms with Crippen LogP contribution in [0.4, 0.5) is 0 Å². The second kappa shape index (κ2) is 5.27. The molecule has 0 spiro atoms. The monoisotopic (exact) mass is 240 g/mol. The number of aliphatic hydroxyl groups is 2. The van der Waals surface area contributed by atoms with Crippen LogP contribution in [0.15, 0.2) is 0 Å². The molecule has 0 aliphatic heterocycles. The third kappa shape index (κ3) is 2.39. The van der Waals surface area contributed by atoms with Gasteiger partial charge < -0.3 is 10.2 Å². The molecule has 100 valence electrons. The molecule has 0 unspecified atom stereocenters. The SMILES string of the molecule is CC(C)[C@H]1CC[C@H](C)[C@@H]2CC[C@@H](CO)[C@H](O)[C@H]21. The molecule has 0 aromatic carbocycles. The number of hydrogen-bond acceptors (Lipinski definition) is 2. The first-order chi connectivity index (χ1) is 8.06. The van der Waals surface area contributed by atoms with Gasteiger partial charge in [-0.25, -0.2) is 0 Å². The third-order valence-electron chi connectivity index (χ3n) is 5.51. The molecule has 6 atom stereocenters. The quantitative estimate of drug-likeness (QED) is 0.779. The molecule has 2 N–H and O–H groups in total. The first-order valence-electron chi connectivity index (χ1n) is 7.35. The molecule has 0 aromatic rings. The number of rotatable bonds is 2. The van der Waals surface area contributed by atoms with Gasteiger partial charge in [-0.3, -0.25) is 0 Å². The summed E-state index contributed by atoms with van der Waals surface area (Å²) in [6, 6.07) is 0. The predicted octanol–water partition coefficient (Wildman–Crippen LogP) is 2.68. The van der Waals surface area contributed by atoms with Crippen LogP contribution in [0.3, 0.4) is 0 Å². The predicted molar refractivity (Wildman–Crippen MR) is 69.5 cm³/mol. The highest BCUT2D eigenvalue weighted by molar-refractivity contribution is 4.96. The first-order valence-corrected chi connectivity index (χ1v) is 7.35. The fourth-order valence-corrected chi connectivity index (χ4v) is 4.41. The van der Waals surface area contributed by atoms with E-state index in [0.29, 0.717) is 23.7 Å². The number of aliphatic hydroxyl groups excluding tert-OH is 2. The van der Waals surface area contributed by atoms with E-state index >= 15 is 0 Å². The summed E-state index contributed by atoms with van der Waals surface area (Å²) in [6.07, 6.45) is 4.52. The summed E-state index contributed by atoms with van der Waals surface area (Å²) in [7, 11) is 0. The summed E-state index contributed by atoms with van der Waals surface area (Å²) >= 11 is 0. The van der Waals surface area contributed by atoms with Gasteiger partial charge in [0.2, 0.25) is 0 Å². The Bertz CT molecular complexity index is 249. The summed E-state index contributed by atoms with van der Waals surface area (Å²) in [4.78, 5) is 0. The second-order valence-corrected chi connectivity index (χ2v) is 6.71. The maximum absolute atomic E-state index is 10.5. The van der Waals surface area contributed by atoms with Gasteiger partial charge in [-0.15, -0.1) is 0 Å². The minimum Gasteiger partial charge on any atom is -0.396 e. The van der Waals surface area contributed by atoms with E-state index in [-0.39, 0.29) is 18.6 Å². The van der Waals surface area contributed by atoms with Gasteiger partial charge in [-0.05, 0) is 48.9 Å². The van der Waals surface area contributed by atoms with Gasteiger partial charge in [0.15, 0.2) is 0 Å². The molecule has 0 heterocycles. The van der Waals surface area contributed by atoms with Gasteiger partial charge in [0.25, 0.3) is 0 Å². The normalized spacial score (nSPS) is 46.9. The van der Waals surface area contributed by atoms with Crippen LogP contribution in [0.2, 0.25) is 0 Å². The summed E-state index contributed by atoms with van der Waals surface area (Å²) in [5, 5.41) is 19.9. The minimum absolute atomic E-state index is 0.128. The average Bonchev–Trinajstić information content (AvgIpc) is 2.30. The van der Waals surface area contributed by atoms with Crippen LogP contribution in [-0.4, -0.2) is 22.9 Å². The fourth-order valence-electron chi connectivity index (χ4n) is 4.41. The molecule has 2 rings (SSSR count). The minimum atomic E-state index is -0.270. The van der Waals surface area contributed by atoms with Crippen molar-refractivity contribution < 1.29 is 10.2 Å². The fraction of sp³-hybridized carbons (Fsp3) is 1.00. The van der Waals surface area contributed by atoms with E-state index in [2.05, 4.69) is 20.8 Å². The van der Waals surface area contributed by atoms with Crippen LogP contribution in [0.5, 0.6) is 0 Å². The van der Waals surface area contributed by atoms with E-state index in [9.17, 15) is 10.2 Å². The van der Waals surface area contributed by atoms with Crippen LogP contribution in [-0.2, 0) is 0 Å². The zero-order chi connectivity index (χ0) is 12.6. The molecular formula is C15H28O2. The van der Waals surface area contributed by atoms with Gasteiger partial charge in [0.05, 0.1) is 6.10 Å². The van der Waals surface area contributed by atoms with Crippen molar-refractivity contribution in [1.82, 2.24) is 0 Å². The van der Waals surface area contributed by atoms with Crippen LogP contribution in [0, 0.1) is 35.5 Å². The Morgan fingerprint density at radius 2 is 1.82 bits per heavy atom. The van der Waals surface area contributed by atoms with Gasteiger partial charge in [-0.2, -0.15) is 0 Å². The molecule has 2 aliphatic carbocycles. The molecule has 2 saturated carbocycles. The van der Waals surface area contributed by atoms with E-state index in [4.69, 9.17) is 0 Å². The Kier molecular flexibility index (Phi) is 4.14. The lowest BCUT2D eigenvalue weighted by molar-refractivity contribution is -0.0983. The van der Waals surface area contributed by atoms with Gasteiger partial charge in [-0.1, -0.05) is 27.2 Å². The van der Waals surface area contributed by atoms with Crippen molar-refractivity contribution in [3.05, 3.63) is 0 Å².